The highest BCUT2D eigenvalue weighted by Gasteiger charge is 2.12. The normalized spacial score (nSPS) is 10.3. The first kappa shape index (κ1) is 16.4. The fourth-order valence-corrected chi connectivity index (χ4v) is 2.19. The van der Waals surface area contributed by atoms with Crippen LogP contribution >= 0.6 is 0 Å². The van der Waals surface area contributed by atoms with E-state index in [-0.39, 0.29) is 0 Å². The Labute approximate surface area is 144 Å². The van der Waals surface area contributed by atoms with Gasteiger partial charge in [0.15, 0.2) is 5.82 Å². The van der Waals surface area contributed by atoms with Crippen molar-refractivity contribution >= 4 is 17.6 Å². The van der Waals surface area contributed by atoms with Crippen LogP contribution in [0.4, 0.5) is 16.3 Å². The summed E-state index contributed by atoms with van der Waals surface area (Å²) < 4.78 is 9.77. The van der Waals surface area contributed by atoms with Gasteiger partial charge in [0.05, 0.1) is 12.7 Å². The van der Waals surface area contributed by atoms with Crippen molar-refractivity contribution in [2.75, 3.05) is 17.7 Å². The number of benzene rings is 1. The van der Waals surface area contributed by atoms with Gasteiger partial charge in [-0.1, -0.05) is 17.3 Å². The molecule has 128 valence electrons. The van der Waals surface area contributed by atoms with Crippen LogP contribution in [0, 0.1) is 6.92 Å². The van der Waals surface area contributed by atoms with E-state index in [0.29, 0.717) is 29.8 Å². The van der Waals surface area contributed by atoms with Crippen LogP contribution in [-0.2, 0) is 11.3 Å². The second-order valence-corrected chi connectivity index (χ2v) is 5.21. The molecule has 0 bridgehead atoms. The number of aromatic nitrogens is 3. The van der Waals surface area contributed by atoms with Crippen LogP contribution < -0.4 is 10.6 Å². The summed E-state index contributed by atoms with van der Waals surface area (Å²) in [7, 11) is 1.32. The van der Waals surface area contributed by atoms with Gasteiger partial charge in [-0.2, -0.15) is 4.98 Å². The van der Waals surface area contributed by atoms with Gasteiger partial charge in [-0.05, 0) is 36.8 Å². The summed E-state index contributed by atoms with van der Waals surface area (Å²) in [5.41, 5.74) is 2.43. The topological polar surface area (TPSA) is 102 Å². The molecule has 2 aromatic heterocycles. The molecule has 0 saturated heterocycles. The first-order valence-corrected chi connectivity index (χ1v) is 7.59. The van der Waals surface area contributed by atoms with E-state index in [4.69, 9.17) is 4.52 Å². The average molecular weight is 339 g/mol. The highest BCUT2D eigenvalue weighted by atomic mass is 16.5. The van der Waals surface area contributed by atoms with Gasteiger partial charge < -0.3 is 14.6 Å². The number of anilines is 2. The van der Waals surface area contributed by atoms with E-state index in [1.165, 1.54) is 7.11 Å². The van der Waals surface area contributed by atoms with Crippen molar-refractivity contribution in [3.8, 4) is 11.5 Å². The van der Waals surface area contributed by atoms with Crippen LogP contribution in [0.2, 0.25) is 0 Å². The molecule has 8 heteroatoms. The third-order valence-corrected chi connectivity index (χ3v) is 3.41. The number of carbonyl (C=O) groups excluding carboxylic acids is 1. The lowest BCUT2D eigenvalue weighted by Crippen LogP contribution is -2.10. The summed E-state index contributed by atoms with van der Waals surface area (Å²) in [6, 6.07) is 11.1. The maximum atomic E-state index is 11.2. The van der Waals surface area contributed by atoms with E-state index in [2.05, 4.69) is 30.5 Å². The predicted molar refractivity (Wildman–Crippen MR) is 92.1 cm³/mol. The molecular formula is C17H17N5O3. The van der Waals surface area contributed by atoms with Gasteiger partial charge in [-0.25, -0.2) is 9.78 Å². The molecule has 3 aromatic rings. The largest absolute Gasteiger partial charge is 0.453 e. The number of nitrogens with one attached hydrogen (secondary N) is 2. The summed E-state index contributed by atoms with van der Waals surface area (Å²) >= 11 is 0. The van der Waals surface area contributed by atoms with Crippen molar-refractivity contribution in [1.29, 1.82) is 0 Å². The Morgan fingerprint density at radius 1 is 1.24 bits per heavy atom. The van der Waals surface area contributed by atoms with Crippen molar-refractivity contribution in [2.24, 2.45) is 0 Å². The molecule has 0 fully saturated rings. The van der Waals surface area contributed by atoms with Crippen LogP contribution in [0.25, 0.3) is 11.5 Å². The number of methoxy groups -OCH3 is 1. The minimum Gasteiger partial charge on any atom is -0.453 e. The minimum absolute atomic E-state index is 0.422. The van der Waals surface area contributed by atoms with E-state index < -0.39 is 6.09 Å². The van der Waals surface area contributed by atoms with Crippen LogP contribution in [-0.4, -0.2) is 28.3 Å². The maximum Gasteiger partial charge on any atom is 0.411 e. The molecule has 1 aromatic carbocycles. The van der Waals surface area contributed by atoms with E-state index in [1.807, 2.05) is 24.3 Å². The summed E-state index contributed by atoms with van der Waals surface area (Å²) in [5.74, 6) is 1.65. The van der Waals surface area contributed by atoms with Crippen molar-refractivity contribution in [2.45, 2.75) is 13.5 Å². The van der Waals surface area contributed by atoms with Crippen molar-refractivity contribution < 1.29 is 14.1 Å². The fraction of sp³-hybridized carbons (Fsp3) is 0.176. The van der Waals surface area contributed by atoms with Gasteiger partial charge in [0.2, 0.25) is 0 Å². The highest BCUT2D eigenvalue weighted by Crippen LogP contribution is 2.24. The molecule has 2 N–H and O–H groups in total. The zero-order chi connectivity index (χ0) is 17.6. The Balaban J connectivity index is 1.69. The zero-order valence-electron chi connectivity index (χ0n) is 13.8. The number of pyridine rings is 1. The van der Waals surface area contributed by atoms with Crippen LogP contribution in [0.15, 0.2) is 47.1 Å². The second kappa shape index (κ2) is 7.43. The van der Waals surface area contributed by atoms with E-state index in [0.717, 1.165) is 11.1 Å². The summed E-state index contributed by atoms with van der Waals surface area (Å²) in [4.78, 5) is 19.7. The lowest BCUT2D eigenvalue weighted by molar-refractivity contribution is 0.187. The molecule has 3 rings (SSSR count). The molecule has 0 radical (unpaired) electrons. The maximum absolute atomic E-state index is 11.2. The number of nitrogens with zero attached hydrogens (tertiary/aromatic N) is 3. The molecule has 25 heavy (non-hydrogen) atoms. The van der Waals surface area contributed by atoms with Crippen molar-refractivity contribution in [1.82, 2.24) is 15.1 Å². The predicted octanol–water partition coefficient (Wildman–Crippen LogP) is 3.23. The highest BCUT2D eigenvalue weighted by molar-refractivity contribution is 5.84. The zero-order valence-corrected chi connectivity index (χ0v) is 13.8. The summed E-state index contributed by atoms with van der Waals surface area (Å²) in [6.45, 7) is 2.32. The van der Waals surface area contributed by atoms with Gasteiger partial charge in [0.1, 0.15) is 5.82 Å². The minimum atomic E-state index is -0.501. The molecule has 8 nitrogen and oxygen atoms in total. The Morgan fingerprint density at radius 3 is 2.72 bits per heavy atom. The molecule has 0 saturated carbocycles. The molecule has 0 spiro atoms. The lowest BCUT2D eigenvalue weighted by atomic mass is 10.2. The number of rotatable bonds is 5. The molecule has 2 heterocycles. The molecule has 0 aliphatic heterocycles. The molecule has 0 unspecified atom stereocenters. The van der Waals surface area contributed by atoms with Gasteiger partial charge in [0, 0.05) is 18.4 Å². The molecule has 0 aliphatic rings. The summed E-state index contributed by atoms with van der Waals surface area (Å²) in [6.07, 6.45) is 1.19. The SMILES string of the molecule is COC(=O)Nc1ccc(CNc2ncccc2-c2nc(C)no2)cc1. The van der Waals surface area contributed by atoms with Crippen LogP contribution in [0.3, 0.4) is 0 Å². The van der Waals surface area contributed by atoms with Crippen molar-refractivity contribution in [3.05, 3.63) is 54.0 Å². The van der Waals surface area contributed by atoms with E-state index >= 15 is 0 Å². The number of ether oxygens (including phenoxy) is 1. The smallest absolute Gasteiger partial charge is 0.411 e. The Bertz CT molecular complexity index is 861. The van der Waals surface area contributed by atoms with Crippen molar-refractivity contribution in [3.63, 3.8) is 0 Å². The molecule has 0 aliphatic carbocycles. The Hall–Kier alpha value is -3.42. The Kier molecular flexibility index (Phi) is 4.89. The number of amides is 1. The van der Waals surface area contributed by atoms with Gasteiger partial charge in [-0.15, -0.1) is 0 Å². The summed E-state index contributed by atoms with van der Waals surface area (Å²) in [5, 5.41) is 9.67. The van der Waals surface area contributed by atoms with Gasteiger partial charge in [0.25, 0.3) is 5.89 Å². The number of aryl methyl sites for hydroxylation is 1. The lowest BCUT2D eigenvalue weighted by Gasteiger charge is -2.09. The monoisotopic (exact) mass is 339 g/mol. The van der Waals surface area contributed by atoms with Crippen LogP contribution in [0.1, 0.15) is 11.4 Å². The van der Waals surface area contributed by atoms with Crippen LogP contribution in [0.5, 0.6) is 0 Å². The Morgan fingerprint density at radius 2 is 2.04 bits per heavy atom. The average Bonchev–Trinajstić information content (AvgIpc) is 3.07. The third kappa shape index (κ3) is 4.11. The second-order valence-electron chi connectivity index (χ2n) is 5.21. The first-order valence-electron chi connectivity index (χ1n) is 7.59. The quantitative estimate of drug-likeness (QED) is 0.735. The molecular weight excluding hydrogens is 322 g/mol. The number of hydrogen-bond donors (Lipinski definition) is 2. The number of carbonyl (C=O) groups is 1. The van der Waals surface area contributed by atoms with Gasteiger partial charge in [-0.3, -0.25) is 5.32 Å². The van der Waals surface area contributed by atoms with E-state index in [9.17, 15) is 4.79 Å². The first-order chi connectivity index (χ1) is 12.2. The fourth-order valence-electron chi connectivity index (χ4n) is 2.19. The standard InChI is InChI=1S/C17H17N5O3/c1-11-20-16(25-22-11)14-4-3-9-18-15(14)19-10-12-5-7-13(8-6-12)21-17(23)24-2/h3-9H,10H2,1-2H3,(H,18,19)(H,21,23). The molecule has 0 atom stereocenters. The third-order valence-electron chi connectivity index (χ3n) is 3.41. The van der Waals surface area contributed by atoms with Gasteiger partial charge >= 0.3 is 6.09 Å². The number of hydrogen-bond acceptors (Lipinski definition) is 7. The van der Waals surface area contributed by atoms with E-state index in [1.54, 1.807) is 25.3 Å². The molecule has 1 amide bonds.